The lowest BCUT2D eigenvalue weighted by Gasteiger charge is -2.23. The number of aryl methyl sites for hydroxylation is 2. The summed E-state index contributed by atoms with van der Waals surface area (Å²) in [6.07, 6.45) is 3.15. The SMILES string of the molecule is COc1c(C(=O)C2CCCc3sccc32)ccc(C)c1C. The molecule has 0 aliphatic heterocycles. The Labute approximate surface area is 129 Å². The van der Waals surface area contributed by atoms with Crippen LogP contribution in [0.5, 0.6) is 5.75 Å². The van der Waals surface area contributed by atoms with Gasteiger partial charge >= 0.3 is 0 Å². The number of hydrogen-bond acceptors (Lipinski definition) is 3. The van der Waals surface area contributed by atoms with E-state index in [9.17, 15) is 4.79 Å². The second kappa shape index (κ2) is 5.64. The van der Waals surface area contributed by atoms with E-state index in [0.717, 1.165) is 41.7 Å². The number of hydrogen-bond donors (Lipinski definition) is 0. The van der Waals surface area contributed by atoms with Gasteiger partial charge in [-0.3, -0.25) is 4.79 Å². The van der Waals surface area contributed by atoms with E-state index in [1.165, 1.54) is 10.4 Å². The van der Waals surface area contributed by atoms with Crippen molar-refractivity contribution in [3.05, 3.63) is 50.7 Å². The van der Waals surface area contributed by atoms with E-state index in [4.69, 9.17) is 4.74 Å². The van der Waals surface area contributed by atoms with Crippen molar-refractivity contribution in [1.82, 2.24) is 0 Å². The second-order valence-corrected chi connectivity index (χ2v) is 6.70. The molecule has 2 nitrogen and oxygen atoms in total. The molecule has 2 aromatic rings. The predicted molar refractivity (Wildman–Crippen MR) is 86.8 cm³/mol. The quantitative estimate of drug-likeness (QED) is 0.770. The van der Waals surface area contributed by atoms with E-state index < -0.39 is 0 Å². The van der Waals surface area contributed by atoms with Crippen LogP contribution in [-0.2, 0) is 6.42 Å². The molecule has 1 heterocycles. The molecule has 1 unspecified atom stereocenters. The number of fused-ring (bicyclic) bond motifs is 1. The molecule has 1 aromatic heterocycles. The molecule has 0 radical (unpaired) electrons. The summed E-state index contributed by atoms with van der Waals surface area (Å²) in [5, 5.41) is 2.11. The van der Waals surface area contributed by atoms with E-state index in [2.05, 4.69) is 11.4 Å². The van der Waals surface area contributed by atoms with Crippen molar-refractivity contribution in [2.75, 3.05) is 7.11 Å². The van der Waals surface area contributed by atoms with Gasteiger partial charge in [0.05, 0.1) is 12.7 Å². The van der Waals surface area contributed by atoms with Gasteiger partial charge in [0.2, 0.25) is 0 Å². The Bertz CT molecular complexity index is 685. The Kier molecular flexibility index (Phi) is 3.85. The van der Waals surface area contributed by atoms with Crippen molar-refractivity contribution < 1.29 is 9.53 Å². The number of rotatable bonds is 3. The number of ketones is 1. The highest BCUT2D eigenvalue weighted by atomic mass is 32.1. The molecular formula is C18H20O2S. The second-order valence-electron chi connectivity index (χ2n) is 5.70. The molecular weight excluding hydrogens is 280 g/mol. The Hall–Kier alpha value is -1.61. The van der Waals surface area contributed by atoms with Gasteiger partial charge < -0.3 is 4.74 Å². The molecule has 1 atom stereocenters. The average molecular weight is 300 g/mol. The Morgan fingerprint density at radius 3 is 2.86 bits per heavy atom. The van der Waals surface area contributed by atoms with Gasteiger partial charge in [-0.1, -0.05) is 6.07 Å². The highest BCUT2D eigenvalue weighted by molar-refractivity contribution is 7.10. The summed E-state index contributed by atoms with van der Waals surface area (Å²) >= 11 is 1.77. The lowest BCUT2D eigenvalue weighted by Crippen LogP contribution is -2.18. The zero-order valence-corrected chi connectivity index (χ0v) is 13.5. The smallest absolute Gasteiger partial charge is 0.174 e. The van der Waals surface area contributed by atoms with Crippen LogP contribution in [-0.4, -0.2) is 12.9 Å². The van der Waals surface area contributed by atoms with Crippen LogP contribution < -0.4 is 4.74 Å². The molecule has 3 heteroatoms. The van der Waals surface area contributed by atoms with Gasteiger partial charge in [-0.15, -0.1) is 11.3 Å². The highest BCUT2D eigenvalue weighted by Crippen LogP contribution is 2.39. The molecule has 21 heavy (non-hydrogen) atoms. The fourth-order valence-corrected chi connectivity index (χ4v) is 4.18. The molecule has 0 amide bonds. The van der Waals surface area contributed by atoms with Crippen molar-refractivity contribution in [2.45, 2.75) is 39.0 Å². The number of carbonyl (C=O) groups excluding carboxylic acids is 1. The summed E-state index contributed by atoms with van der Waals surface area (Å²) in [7, 11) is 1.65. The van der Waals surface area contributed by atoms with Crippen molar-refractivity contribution in [3.8, 4) is 5.75 Å². The first-order valence-corrected chi connectivity index (χ1v) is 8.26. The topological polar surface area (TPSA) is 26.3 Å². The van der Waals surface area contributed by atoms with Crippen LogP contribution in [0.15, 0.2) is 23.6 Å². The standard InChI is InChI=1S/C18H20O2S/c1-11-7-8-15(18(20-3)12(11)2)17(19)14-5-4-6-16-13(14)9-10-21-16/h7-10,14H,4-6H2,1-3H3. The maximum atomic E-state index is 13.0. The van der Waals surface area contributed by atoms with Gasteiger partial charge in [0.15, 0.2) is 5.78 Å². The van der Waals surface area contributed by atoms with E-state index >= 15 is 0 Å². The number of ether oxygens (including phenoxy) is 1. The normalized spacial score (nSPS) is 17.4. The first-order valence-electron chi connectivity index (χ1n) is 7.38. The Morgan fingerprint density at radius 2 is 2.10 bits per heavy atom. The van der Waals surface area contributed by atoms with Gasteiger partial charge in [0.1, 0.15) is 5.75 Å². The highest BCUT2D eigenvalue weighted by Gasteiger charge is 2.30. The van der Waals surface area contributed by atoms with E-state index in [0.29, 0.717) is 0 Å². The molecule has 0 fully saturated rings. The lowest BCUT2D eigenvalue weighted by molar-refractivity contribution is 0.0948. The Balaban J connectivity index is 2.03. The fraction of sp³-hybridized carbons (Fsp3) is 0.389. The van der Waals surface area contributed by atoms with Crippen molar-refractivity contribution >= 4 is 17.1 Å². The number of thiophene rings is 1. The van der Waals surface area contributed by atoms with Crippen LogP contribution in [0, 0.1) is 13.8 Å². The summed E-state index contributed by atoms with van der Waals surface area (Å²) in [4.78, 5) is 14.4. The number of benzene rings is 1. The van der Waals surface area contributed by atoms with Gasteiger partial charge in [0, 0.05) is 10.8 Å². The van der Waals surface area contributed by atoms with Crippen LogP contribution in [0.3, 0.4) is 0 Å². The van der Waals surface area contributed by atoms with Crippen LogP contribution in [0.4, 0.5) is 0 Å². The van der Waals surface area contributed by atoms with Gasteiger partial charge in [0.25, 0.3) is 0 Å². The number of Topliss-reactive ketones (excluding diaryl/α,β-unsaturated/α-hetero) is 1. The summed E-state index contributed by atoms with van der Waals surface area (Å²) in [5.74, 6) is 0.938. The summed E-state index contributed by atoms with van der Waals surface area (Å²) in [6.45, 7) is 4.06. The Morgan fingerprint density at radius 1 is 1.29 bits per heavy atom. The molecule has 0 bridgehead atoms. The zero-order chi connectivity index (χ0) is 15.0. The van der Waals surface area contributed by atoms with Crippen LogP contribution >= 0.6 is 11.3 Å². The molecule has 1 aliphatic rings. The van der Waals surface area contributed by atoms with Gasteiger partial charge in [-0.05, 0) is 67.3 Å². The van der Waals surface area contributed by atoms with Crippen LogP contribution in [0.25, 0.3) is 0 Å². The summed E-state index contributed by atoms with van der Waals surface area (Å²) in [5.41, 5.74) is 4.18. The molecule has 3 rings (SSSR count). The maximum Gasteiger partial charge on any atom is 0.174 e. The fourth-order valence-electron chi connectivity index (χ4n) is 3.19. The van der Waals surface area contributed by atoms with Gasteiger partial charge in [-0.25, -0.2) is 0 Å². The molecule has 110 valence electrons. The maximum absolute atomic E-state index is 13.0. The van der Waals surface area contributed by atoms with Crippen LogP contribution in [0.1, 0.15) is 50.7 Å². The molecule has 0 N–H and O–H groups in total. The third kappa shape index (κ3) is 2.40. The largest absolute Gasteiger partial charge is 0.496 e. The first kappa shape index (κ1) is 14.3. The average Bonchev–Trinajstić information content (AvgIpc) is 2.97. The molecule has 1 aromatic carbocycles. The summed E-state index contributed by atoms with van der Waals surface area (Å²) < 4.78 is 5.52. The van der Waals surface area contributed by atoms with Gasteiger partial charge in [-0.2, -0.15) is 0 Å². The minimum atomic E-state index is -0.00370. The van der Waals surface area contributed by atoms with Crippen molar-refractivity contribution in [2.24, 2.45) is 0 Å². The zero-order valence-electron chi connectivity index (χ0n) is 12.7. The molecule has 1 aliphatic carbocycles. The first-order chi connectivity index (χ1) is 10.1. The number of carbonyl (C=O) groups is 1. The molecule has 0 saturated heterocycles. The molecule has 0 saturated carbocycles. The minimum absolute atomic E-state index is 0.00370. The van der Waals surface area contributed by atoms with Crippen molar-refractivity contribution in [1.29, 1.82) is 0 Å². The third-order valence-corrected chi connectivity index (χ3v) is 5.51. The molecule has 0 spiro atoms. The van der Waals surface area contributed by atoms with E-state index in [1.807, 2.05) is 26.0 Å². The van der Waals surface area contributed by atoms with E-state index in [1.54, 1.807) is 18.4 Å². The predicted octanol–water partition coefficient (Wildman–Crippen LogP) is 4.68. The van der Waals surface area contributed by atoms with Crippen LogP contribution in [0.2, 0.25) is 0 Å². The lowest BCUT2D eigenvalue weighted by atomic mass is 9.82. The monoisotopic (exact) mass is 300 g/mol. The van der Waals surface area contributed by atoms with Crippen molar-refractivity contribution in [3.63, 3.8) is 0 Å². The summed E-state index contributed by atoms with van der Waals surface area (Å²) in [6, 6.07) is 6.06. The number of methoxy groups -OCH3 is 1. The minimum Gasteiger partial charge on any atom is -0.496 e. The third-order valence-electron chi connectivity index (χ3n) is 4.51. The van der Waals surface area contributed by atoms with E-state index in [-0.39, 0.29) is 11.7 Å².